The van der Waals surface area contributed by atoms with Gasteiger partial charge in [0.1, 0.15) is 5.75 Å². The van der Waals surface area contributed by atoms with Gasteiger partial charge in [0.15, 0.2) is 0 Å². The van der Waals surface area contributed by atoms with E-state index >= 15 is 0 Å². The Hall–Kier alpha value is -0.546. The lowest BCUT2D eigenvalue weighted by atomic mass is 10.2. The first-order valence-electron chi connectivity index (χ1n) is 6.09. The van der Waals surface area contributed by atoms with Crippen molar-refractivity contribution in [1.82, 2.24) is 0 Å². The first kappa shape index (κ1) is 11.9. The molecule has 3 heteroatoms. The van der Waals surface area contributed by atoms with E-state index in [2.05, 4.69) is 38.3 Å². The average Bonchev–Trinajstić information content (AvgIpc) is 2.17. The second kappa shape index (κ2) is 3.47. The molecular weight excluding hydrogens is 228 g/mol. The van der Waals surface area contributed by atoms with E-state index in [1.807, 2.05) is 6.92 Å². The molecule has 1 N–H and O–H groups in total. The minimum atomic E-state index is -1.28. The van der Waals surface area contributed by atoms with E-state index in [0.29, 0.717) is 5.75 Å². The highest BCUT2D eigenvalue weighted by atomic mass is 28.3. The van der Waals surface area contributed by atoms with Gasteiger partial charge in [-0.05, 0) is 18.6 Å². The molecule has 1 heterocycles. The van der Waals surface area contributed by atoms with Gasteiger partial charge in [-0.2, -0.15) is 0 Å². The third-order valence-corrected chi connectivity index (χ3v) is 11.7. The number of phenols is 1. The van der Waals surface area contributed by atoms with Crippen LogP contribution in [0.3, 0.4) is 0 Å². The lowest BCUT2D eigenvalue weighted by Gasteiger charge is -2.39. The highest BCUT2D eigenvalue weighted by Crippen LogP contribution is 2.28. The minimum Gasteiger partial charge on any atom is -0.508 e. The van der Waals surface area contributed by atoms with Gasteiger partial charge in [0.05, 0.1) is 16.1 Å². The van der Waals surface area contributed by atoms with Crippen molar-refractivity contribution in [2.45, 2.75) is 45.2 Å². The molecule has 2 rings (SSSR count). The Morgan fingerprint density at radius 3 is 1.88 bits per heavy atom. The van der Waals surface area contributed by atoms with Crippen molar-refractivity contribution in [1.29, 1.82) is 0 Å². The Kier molecular flexibility index (Phi) is 2.59. The lowest BCUT2D eigenvalue weighted by Crippen LogP contribution is -2.63. The van der Waals surface area contributed by atoms with Crippen LogP contribution < -0.4 is 10.4 Å². The summed E-state index contributed by atoms with van der Waals surface area (Å²) in [6, 6.07) is 7.15. The number of rotatable bonds is 0. The minimum absolute atomic E-state index is 0.492. The molecule has 0 bridgehead atoms. The zero-order chi connectivity index (χ0) is 12.1. The zero-order valence-corrected chi connectivity index (χ0v) is 13.0. The first-order valence-corrected chi connectivity index (χ1v) is 12.5. The number of aromatic hydroxyl groups is 1. The number of hydrogen-bond donors (Lipinski definition) is 1. The van der Waals surface area contributed by atoms with Crippen LogP contribution in [0.4, 0.5) is 0 Å². The van der Waals surface area contributed by atoms with Crippen LogP contribution >= 0.6 is 0 Å². The van der Waals surface area contributed by atoms with E-state index in [1.165, 1.54) is 17.3 Å². The van der Waals surface area contributed by atoms with Crippen LogP contribution in [0.15, 0.2) is 12.1 Å². The van der Waals surface area contributed by atoms with Crippen LogP contribution in [-0.4, -0.2) is 21.3 Å². The summed E-state index contributed by atoms with van der Waals surface area (Å²) in [7, 11) is -2.51. The summed E-state index contributed by atoms with van der Waals surface area (Å²) in [6.07, 6.45) is 0. The van der Waals surface area contributed by atoms with Crippen LogP contribution in [0.1, 0.15) is 5.56 Å². The van der Waals surface area contributed by atoms with Gasteiger partial charge in [-0.15, -0.1) is 0 Å². The molecule has 1 nitrogen and oxygen atoms in total. The van der Waals surface area contributed by atoms with Gasteiger partial charge in [-0.1, -0.05) is 54.7 Å². The van der Waals surface area contributed by atoms with Crippen molar-refractivity contribution < 1.29 is 5.11 Å². The molecule has 88 valence electrons. The summed E-state index contributed by atoms with van der Waals surface area (Å²) >= 11 is 0. The maximum Gasteiger partial charge on any atom is 0.118 e. The second-order valence-corrected chi connectivity index (χ2v) is 16.1. The van der Waals surface area contributed by atoms with Crippen molar-refractivity contribution in [3.63, 3.8) is 0 Å². The number of hydrogen-bond acceptors (Lipinski definition) is 1. The molecule has 0 saturated carbocycles. The summed E-state index contributed by atoms with van der Waals surface area (Å²) in [6.45, 7) is 11.8. The Bertz CT molecular complexity index is 395. The molecule has 0 unspecified atom stereocenters. The summed E-state index contributed by atoms with van der Waals surface area (Å²) in [5, 5.41) is 13.1. The number of aryl methyl sites for hydroxylation is 1. The standard InChI is InChI=1S/C13H22OSi2/c1-10-8-12-13(9-11(10)14)16(4,5)7-6-15(12,2)3/h8-9,14H,6-7H2,1-5H3. The largest absolute Gasteiger partial charge is 0.508 e. The molecule has 0 radical (unpaired) electrons. The van der Waals surface area contributed by atoms with Crippen LogP contribution in [0.5, 0.6) is 5.75 Å². The molecule has 16 heavy (non-hydrogen) atoms. The van der Waals surface area contributed by atoms with Crippen LogP contribution in [0, 0.1) is 6.92 Å². The van der Waals surface area contributed by atoms with Gasteiger partial charge in [0, 0.05) is 0 Å². The van der Waals surface area contributed by atoms with Crippen LogP contribution in [0.25, 0.3) is 0 Å². The van der Waals surface area contributed by atoms with E-state index in [4.69, 9.17) is 0 Å². The molecule has 0 amide bonds. The van der Waals surface area contributed by atoms with Gasteiger partial charge in [-0.25, -0.2) is 0 Å². The predicted octanol–water partition coefficient (Wildman–Crippen LogP) is 2.55. The maximum atomic E-state index is 9.92. The fourth-order valence-corrected chi connectivity index (χ4v) is 13.0. The number of fused-ring (bicyclic) bond motifs is 1. The molecule has 1 aliphatic heterocycles. The van der Waals surface area contributed by atoms with E-state index in [-0.39, 0.29) is 0 Å². The van der Waals surface area contributed by atoms with Crippen LogP contribution in [-0.2, 0) is 0 Å². The number of benzene rings is 1. The van der Waals surface area contributed by atoms with Crippen molar-refractivity contribution in [3.8, 4) is 5.75 Å². The average molecular weight is 250 g/mol. The fraction of sp³-hybridized carbons (Fsp3) is 0.538. The van der Waals surface area contributed by atoms with Crippen LogP contribution in [0.2, 0.25) is 38.3 Å². The van der Waals surface area contributed by atoms with E-state index in [0.717, 1.165) is 5.56 Å². The van der Waals surface area contributed by atoms with Crippen molar-refractivity contribution >= 4 is 26.5 Å². The van der Waals surface area contributed by atoms with Gasteiger partial charge in [0.25, 0.3) is 0 Å². The highest BCUT2D eigenvalue weighted by Gasteiger charge is 2.39. The highest BCUT2D eigenvalue weighted by molar-refractivity contribution is 7.03. The van der Waals surface area contributed by atoms with Crippen molar-refractivity contribution in [3.05, 3.63) is 17.7 Å². The molecule has 0 saturated heterocycles. The lowest BCUT2D eigenvalue weighted by molar-refractivity contribution is 0.471. The Balaban J connectivity index is 2.70. The molecule has 1 aromatic carbocycles. The molecule has 0 fully saturated rings. The van der Waals surface area contributed by atoms with Gasteiger partial charge < -0.3 is 5.11 Å². The SMILES string of the molecule is Cc1cc2c(cc1O)[Si](C)(C)CC[Si]2(C)C. The van der Waals surface area contributed by atoms with Gasteiger partial charge in [-0.3, -0.25) is 0 Å². The van der Waals surface area contributed by atoms with Gasteiger partial charge in [0.2, 0.25) is 0 Å². The first-order chi connectivity index (χ1) is 7.24. The topological polar surface area (TPSA) is 20.2 Å². The molecule has 0 spiro atoms. The second-order valence-electron chi connectivity index (χ2n) is 6.45. The smallest absolute Gasteiger partial charge is 0.118 e. The monoisotopic (exact) mass is 250 g/mol. The summed E-state index contributed by atoms with van der Waals surface area (Å²) in [4.78, 5) is 0. The summed E-state index contributed by atoms with van der Waals surface area (Å²) in [5.74, 6) is 0.492. The maximum absolute atomic E-state index is 9.92. The number of phenolic OH excluding ortho intramolecular Hbond substituents is 1. The Labute approximate surface area is 101 Å². The zero-order valence-electron chi connectivity index (χ0n) is 11.0. The molecule has 0 aliphatic carbocycles. The van der Waals surface area contributed by atoms with E-state index in [9.17, 15) is 5.11 Å². The third kappa shape index (κ3) is 1.76. The molecule has 0 atom stereocenters. The molecular formula is C13H22OSi2. The molecule has 1 aromatic rings. The van der Waals surface area contributed by atoms with Crippen molar-refractivity contribution in [2.75, 3.05) is 0 Å². The summed E-state index contributed by atoms with van der Waals surface area (Å²) in [5.41, 5.74) is 1.05. The Morgan fingerprint density at radius 1 is 0.938 bits per heavy atom. The Morgan fingerprint density at radius 2 is 1.38 bits per heavy atom. The molecule has 1 aliphatic rings. The van der Waals surface area contributed by atoms with E-state index in [1.54, 1.807) is 5.19 Å². The third-order valence-electron chi connectivity index (χ3n) is 4.17. The summed E-state index contributed by atoms with van der Waals surface area (Å²) < 4.78 is 0. The molecule has 0 aromatic heterocycles. The van der Waals surface area contributed by atoms with Gasteiger partial charge >= 0.3 is 0 Å². The van der Waals surface area contributed by atoms with E-state index < -0.39 is 16.1 Å². The normalized spacial score (nSPS) is 21.6. The quantitative estimate of drug-likeness (QED) is 0.702. The fourth-order valence-electron chi connectivity index (χ4n) is 2.71. The predicted molar refractivity (Wildman–Crippen MR) is 76.7 cm³/mol. The van der Waals surface area contributed by atoms with Crippen molar-refractivity contribution in [2.24, 2.45) is 0 Å².